The normalized spacial score (nSPS) is 14.5. The van der Waals surface area contributed by atoms with Crippen LogP contribution < -0.4 is 5.32 Å². The molecule has 1 N–H and O–H groups in total. The Kier molecular flexibility index (Phi) is 7.06. The second-order valence-electron chi connectivity index (χ2n) is 7.45. The van der Waals surface area contributed by atoms with E-state index >= 15 is 0 Å². The molecule has 4 rings (SSSR count). The van der Waals surface area contributed by atoms with Crippen molar-refractivity contribution in [1.82, 2.24) is 15.1 Å². The van der Waals surface area contributed by atoms with Crippen molar-refractivity contribution in [3.63, 3.8) is 0 Å². The molecule has 162 valence electrons. The molecule has 0 aliphatic carbocycles. The molecule has 1 saturated heterocycles. The van der Waals surface area contributed by atoms with Crippen LogP contribution in [-0.2, 0) is 11.3 Å². The highest BCUT2D eigenvalue weighted by molar-refractivity contribution is 7.15. The minimum atomic E-state index is -0.223. The highest BCUT2D eigenvalue weighted by atomic mass is 35.5. The summed E-state index contributed by atoms with van der Waals surface area (Å²) in [5.74, 6) is -0.147. The van der Waals surface area contributed by atoms with Crippen molar-refractivity contribution in [3.8, 4) is 10.4 Å². The monoisotopic (exact) mass is 457 g/mol. The summed E-state index contributed by atoms with van der Waals surface area (Å²) in [5, 5.41) is 3.50. The number of halogens is 1. The van der Waals surface area contributed by atoms with Crippen LogP contribution in [0.3, 0.4) is 0 Å². The van der Waals surface area contributed by atoms with Crippen molar-refractivity contribution < 1.29 is 14.0 Å². The van der Waals surface area contributed by atoms with E-state index in [-0.39, 0.29) is 11.8 Å². The molecule has 8 heteroatoms. The Balaban J connectivity index is 1.20. The van der Waals surface area contributed by atoms with Crippen LogP contribution in [0.2, 0.25) is 5.02 Å². The first kappa shape index (κ1) is 21.6. The lowest BCUT2D eigenvalue weighted by Crippen LogP contribution is -2.48. The molecule has 0 saturated carbocycles. The average molecular weight is 458 g/mol. The van der Waals surface area contributed by atoms with Gasteiger partial charge in [-0.05, 0) is 35.9 Å². The zero-order valence-electron chi connectivity index (χ0n) is 17.1. The first-order valence-corrected chi connectivity index (χ1v) is 11.4. The lowest BCUT2D eigenvalue weighted by molar-refractivity contribution is -0.132. The minimum Gasteiger partial charge on any atom is -0.472 e. The summed E-state index contributed by atoms with van der Waals surface area (Å²) < 4.78 is 4.89. The predicted molar refractivity (Wildman–Crippen MR) is 122 cm³/mol. The molecule has 0 radical (unpaired) electrons. The summed E-state index contributed by atoms with van der Waals surface area (Å²) in [6.45, 7) is 4.32. The second kappa shape index (κ2) is 10.1. The van der Waals surface area contributed by atoms with Crippen LogP contribution in [0.1, 0.15) is 21.7 Å². The molecule has 2 amide bonds. The highest BCUT2D eigenvalue weighted by Crippen LogP contribution is 2.30. The Hall–Kier alpha value is -2.61. The lowest BCUT2D eigenvalue weighted by atomic mass is 10.2. The van der Waals surface area contributed by atoms with Gasteiger partial charge in [0.2, 0.25) is 5.91 Å². The number of amides is 2. The van der Waals surface area contributed by atoms with Gasteiger partial charge in [-0.3, -0.25) is 14.5 Å². The quantitative estimate of drug-likeness (QED) is 0.579. The molecular weight excluding hydrogens is 434 g/mol. The van der Waals surface area contributed by atoms with E-state index in [2.05, 4.69) is 28.4 Å². The Morgan fingerprint density at radius 1 is 1.10 bits per heavy atom. The van der Waals surface area contributed by atoms with E-state index in [9.17, 15) is 9.59 Å². The number of thiophene rings is 1. The molecule has 2 aromatic heterocycles. The van der Waals surface area contributed by atoms with Crippen molar-refractivity contribution in [2.45, 2.75) is 13.0 Å². The Bertz CT molecular complexity index is 1030. The number of rotatable bonds is 7. The number of benzene rings is 1. The van der Waals surface area contributed by atoms with Crippen LogP contribution in [0.5, 0.6) is 0 Å². The van der Waals surface area contributed by atoms with Gasteiger partial charge in [-0.1, -0.05) is 23.7 Å². The molecule has 0 spiro atoms. The van der Waals surface area contributed by atoms with Gasteiger partial charge < -0.3 is 14.6 Å². The standard InChI is InChI=1S/C23H24ClN3O3S/c24-19-3-1-2-17(14-19)21-5-4-20(31-21)15-26-9-11-27(12-10-26)22(28)6-8-25-23(29)18-7-13-30-16-18/h1-5,7,13-14,16H,6,8-12,15H2,(H,25,29). The average Bonchev–Trinajstić information content (AvgIpc) is 3.47. The van der Waals surface area contributed by atoms with E-state index in [0.29, 0.717) is 31.6 Å². The molecule has 1 aliphatic heterocycles. The predicted octanol–water partition coefficient (Wildman–Crippen LogP) is 4.13. The van der Waals surface area contributed by atoms with Crippen LogP contribution in [-0.4, -0.2) is 54.3 Å². The Labute approximate surface area is 190 Å². The molecule has 6 nitrogen and oxygen atoms in total. The number of nitrogens with one attached hydrogen (secondary N) is 1. The van der Waals surface area contributed by atoms with Gasteiger partial charge in [0.25, 0.3) is 5.91 Å². The molecule has 1 aromatic carbocycles. The summed E-state index contributed by atoms with van der Waals surface area (Å²) in [5.41, 5.74) is 1.60. The summed E-state index contributed by atoms with van der Waals surface area (Å²) in [6.07, 6.45) is 3.15. The number of furan rings is 1. The smallest absolute Gasteiger partial charge is 0.254 e. The second-order valence-corrected chi connectivity index (χ2v) is 9.06. The molecule has 31 heavy (non-hydrogen) atoms. The first-order chi connectivity index (χ1) is 15.1. The maximum atomic E-state index is 12.4. The third-order valence-electron chi connectivity index (χ3n) is 5.28. The Morgan fingerprint density at radius 2 is 1.94 bits per heavy atom. The summed E-state index contributed by atoms with van der Waals surface area (Å²) in [7, 11) is 0. The third kappa shape index (κ3) is 5.76. The van der Waals surface area contributed by atoms with Gasteiger partial charge in [-0.25, -0.2) is 0 Å². The fraction of sp³-hybridized carbons (Fsp3) is 0.304. The number of carbonyl (C=O) groups is 2. The van der Waals surface area contributed by atoms with Crippen LogP contribution in [0.15, 0.2) is 59.4 Å². The molecular formula is C23H24ClN3O3S. The van der Waals surface area contributed by atoms with Gasteiger partial charge in [0.1, 0.15) is 6.26 Å². The fourth-order valence-electron chi connectivity index (χ4n) is 3.57. The van der Waals surface area contributed by atoms with Crippen molar-refractivity contribution in [1.29, 1.82) is 0 Å². The molecule has 0 bridgehead atoms. The van der Waals surface area contributed by atoms with Crippen LogP contribution in [0.4, 0.5) is 0 Å². The zero-order chi connectivity index (χ0) is 21.6. The summed E-state index contributed by atoms with van der Waals surface area (Å²) in [4.78, 5) is 31.1. The van der Waals surface area contributed by atoms with E-state index in [0.717, 1.165) is 30.2 Å². The van der Waals surface area contributed by atoms with Gasteiger partial charge in [0, 0.05) is 60.5 Å². The van der Waals surface area contributed by atoms with Crippen LogP contribution in [0.25, 0.3) is 10.4 Å². The minimum absolute atomic E-state index is 0.0755. The van der Waals surface area contributed by atoms with Gasteiger partial charge >= 0.3 is 0 Å². The molecule has 0 unspecified atom stereocenters. The van der Waals surface area contributed by atoms with Crippen molar-refractivity contribution in [2.75, 3.05) is 32.7 Å². The van der Waals surface area contributed by atoms with E-state index in [4.69, 9.17) is 16.0 Å². The molecule has 3 aromatic rings. The van der Waals surface area contributed by atoms with Crippen molar-refractivity contribution in [3.05, 3.63) is 70.5 Å². The maximum Gasteiger partial charge on any atom is 0.254 e. The maximum absolute atomic E-state index is 12.4. The van der Waals surface area contributed by atoms with E-state index < -0.39 is 0 Å². The van der Waals surface area contributed by atoms with Gasteiger partial charge in [-0.2, -0.15) is 0 Å². The van der Waals surface area contributed by atoms with Crippen LogP contribution >= 0.6 is 22.9 Å². The van der Waals surface area contributed by atoms with E-state index in [1.165, 1.54) is 22.3 Å². The number of nitrogens with zero attached hydrogens (tertiary/aromatic N) is 2. The largest absolute Gasteiger partial charge is 0.472 e. The number of piperazine rings is 1. The first-order valence-electron chi connectivity index (χ1n) is 10.2. The van der Waals surface area contributed by atoms with E-state index in [1.54, 1.807) is 17.4 Å². The van der Waals surface area contributed by atoms with Gasteiger partial charge in [0.05, 0.1) is 11.8 Å². The summed E-state index contributed by atoms with van der Waals surface area (Å²) in [6, 6.07) is 13.8. The number of carbonyl (C=O) groups excluding carboxylic acids is 2. The van der Waals surface area contributed by atoms with E-state index in [1.807, 2.05) is 23.1 Å². The van der Waals surface area contributed by atoms with Gasteiger partial charge in [0.15, 0.2) is 0 Å². The molecule has 0 atom stereocenters. The molecule has 1 aliphatic rings. The topological polar surface area (TPSA) is 65.8 Å². The van der Waals surface area contributed by atoms with Gasteiger partial charge in [-0.15, -0.1) is 11.3 Å². The van der Waals surface area contributed by atoms with Crippen molar-refractivity contribution >= 4 is 34.8 Å². The lowest BCUT2D eigenvalue weighted by Gasteiger charge is -2.34. The molecule has 1 fully saturated rings. The summed E-state index contributed by atoms with van der Waals surface area (Å²) >= 11 is 7.89. The van der Waals surface area contributed by atoms with Crippen molar-refractivity contribution in [2.24, 2.45) is 0 Å². The Morgan fingerprint density at radius 3 is 2.68 bits per heavy atom. The SMILES string of the molecule is O=C(NCCC(=O)N1CCN(Cc2ccc(-c3cccc(Cl)c3)s2)CC1)c1ccoc1. The number of hydrogen-bond acceptors (Lipinski definition) is 5. The number of hydrogen-bond donors (Lipinski definition) is 1. The zero-order valence-corrected chi connectivity index (χ0v) is 18.6. The highest BCUT2D eigenvalue weighted by Gasteiger charge is 2.21. The van der Waals surface area contributed by atoms with Crippen LogP contribution in [0, 0.1) is 0 Å². The fourth-order valence-corrected chi connectivity index (χ4v) is 4.81. The third-order valence-corrected chi connectivity index (χ3v) is 6.64. The molecule has 3 heterocycles.